The summed E-state index contributed by atoms with van der Waals surface area (Å²) in [6.45, 7) is 1.15. The van der Waals surface area contributed by atoms with Crippen LogP contribution in [0.1, 0.15) is 12.0 Å². The Morgan fingerprint density at radius 1 is 1.38 bits per heavy atom. The minimum Gasteiger partial charge on any atom is -0.345 e. The maximum Gasteiger partial charge on any atom is 0.223 e. The van der Waals surface area contributed by atoms with E-state index < -0.39 is 0 Å². The van der Waals surface area contributed by atoms with Crippen molar-refractivity contribution in [1.82, 2.24) is 4.90 Å². The first-order chi connectivity index (χ1) is 7.63. The number of rotatable bonds is 5. The van der Waals surface area contributed by atoms with E-state index in [9.17, 15) is 4.79 Å². The Labute approximate surface area is 105 Å². The largest absolute Gasteiger partial charge is 0.345 e. The molecule has 0 aliphatic carbocycles. The predicted molar refractivity (Wildman–Crippen MR) is 69.2 cm³/mol. The van der Waals surface area contributed by atoms with Crippen LogP contribution in [-0.2, 0) is 11.2 Å². The average molecular weight is 285 g/mol. The number of amides is 1. The summed E-state index contributed by atoms with van der Waals surface area (Å²) in [5.74, 6) is 0.111. The molecule has 0 atom stereocenters. The molecule has 0 aliphatic heterocycles. The van der Waals surface area contributed by atoms with Gasteiger partial charge in [0, 0.05) is 31.0 Å². The number of likely N-dealkylation sites (N-methyl/N-ethyl adjacent to an activating group) is 1. The van der Waals surface area contributed by atoms with Crippen molar-refractivity contribution in [3.05, 3.63) is 34.3 Å². The van der Waals surface area contributed by atoms with Gasteiger partial charge in [-0.05, 0) is 24.1 Å². The van der Waals surface area contributed by atoms with Gasteiger partial charge in [0.2, 0.25) is 5.91 Å². The zero-order valence-corrected chi connectivity index (χ0v) is 11.0. The van der Waals surface area contributed by atoms with Crippen LogP contribution in [0.4, 0.5) is 0 Å². The van der Waals surface area contributed by atoms with E-state index in [1.54, 1.807) is 4.90 Å². The highest BCUT2D eigenvalue weighted by molar-refractivity contribution is 9.10. The summed E-state index contributed by atoms with van der Waals surface area (Å²) < 4.78 is 1.07. The average Bonchev–Trinajstić information content (AvgIpc) is 2.28. The molecule has 0 saturated carbocycles. The van der Waals surface area contributed by atoms with Gasteiger partial charge in [0.25, 0.3) is 0 Å². The minimum absolute atomic E-state index is 0.111. The highest BCUT2D eigenvalue weighted by Crippen LogP contribution is 2.11. The Morgan fingerprint density at radius 2 is 2.00 bits per heavy atom. The number of nitrogens with zero attached hydrogens (tertiary/aromatic N) is 1. The third-order valence-corrected chi connectivity index (χ3v) is 2.96. The van der Waals surface area contributed by atoms with Gasteiger partial charge in [-0.2, -0.15) is 0 Å². The smallest absolute Gasteiger partial charge is 0.223 e. The molecule has 1 amide bonds. The zero-order chi connectivity index (χ0) is 12.0. The van der Waals surface area contributed by atoms with E-state index >= 15 is 0 Å². The van der Waals surface area contributed by atoms with E-state index in [2.05, 4.69) is 28.1 Å². The summed E-state index contributed by atoms with van der Waals surface area (Å²) in [6, 6.07) is 8.14. The lowest BCUT2D eigenvalue weighted by atomic mass is 10.1. The maximum atomic E-state index is 11.5. The van der Waals surface area contributed by atoms with Gasteiger partial charge in [-0.1, -0.05) is 28.1 Å². The lowest BCUT2D eigenvalue weighted by Crippen LogP contribution is -2.30. The Hall–Kier alpha value is -0.870. The number of halogens is 1. The normalized spacial score (nSPS) is 10.2. The molecule has 88 valence electrons. The van der Waals surface area contributed by atoms with Gasteiger partial charge >= 0.3 is 0 Å². The fraction of sp³-hybridized carbons (Fsp3) is 0.417. The molecule has 0 aromatic heterocycles. The van der Waals surface area contributed by atoms with Crippen LogP contribution in [0, 0.1) is 0 Å². The van der Waals surface area contributed by atoms with E-state index in [-0.39, 0.29) is 5.91 Å². The number of benzene rings is 1. The van der Waals surface area contributed by atoms with Gasteiger partial charge in [-0.15, -0.1) is 0 Å². The number of nitrogens with two attached hydrogens (primary N) is 1. The highest BCUT2D eigenvalue weighted by atomic mass is 79.9. The summed E-state index contributed by atoms with van der Waals surface area (Å²) in [5, 5.41) is 0. The molecule has 0 unspecified atom stereocenters. The first kappa shape index (κ1) is 13.2. The van der Waals surface area contributed by atoms with E-state index in [4.69, 9.17) is 5.73 Å². The fourth-order valence-corrected chi connectivity index (χ4v) is 1.65. The van der Waals surface area contributed by atoms with Gasteiger partial charge in [-0.3, -0.25) is 4.79 Å². The SMILES string of the molecule is CN(CCc1ccc(Br)cc1)C(=O)CCN. The van der Waals surface area contributed by atoms with Crippen molar-refractivity contribution >= 4 is 21.8 Å². The van der Waals surface area contributed by atoms with Crippen LogP contribution in [0.15, 0.2) is 28.7 Å². The zero-order valence-electron chi connectivity index (χ0n) is 9.45. The fourth-order valence-electron chi connectivity index (χ4n) is 1.39. The van der Waals surface area contributed by atoms with Crippen LogP contribution in [0.3, 0.4) is 0 Å². The second kappa shape index (κ2) is 6.66. The molecule has 16 heavy (non-hydrogen) atoms. The Bertz CT molecular complexity index is 337. The molecule has 1 rings (SSSR count). The Morgan fingerprint density at radius 3 is 2.56 bits per heavy atom. The van der Waals surface area contributed by atoms with Gasteiger partial charge in [0.1, 0.15) is 0 Å². The lowest BCUT2D eigenvalue weighted by Gasteiger charge is -2.16. The van der Waals surface area contributed by atoms with Gasteiger partial charge in [0.05, 0.1) is 0 Å². The first-order valence-electron chi connectivity index (χ1n) is 5.32. The molecule has 3 nitrogen and oxygen atoms in total. The van der Waals surface area contributed by atoms with E-state index in [1.165, 1.54) is 5.56 Å². The lowest BCUT2D eigenvalue weighted by molar-refractivity contribution is -0.129. The number of hydrogen-bond acceptors (Lipinski definition) is 2. The summed E-state index contributed by atoms with van der Waals surface area (Å²) in [5.41, 5.74) is 6.57. The molecule has 0 spiro atoms. The van der Waals surface area contributed by atoms with Crippen molar-refractivity contribution in [2.24, 2.45) is 5.73 Å². The molecule has 1 aromatic carbocycles. The van der Waals surface area contributed by atoms with Crippen LogP contribution in [0.2, 0.25) is 0 Å². The first-order valence-corrected chi connectivity index (χ1v) is 6.11. The second-order valence-electron chi connectivity index (χ2n) is 3.73. The molecule has 4 heteroatoms. The van der Waals surface area contributed by atoms with Crippen LogP contribution < -0.4 is 5.73 Å². The molecule has 0 bridgehead atoms. The summed E-state index contributed by atoms with van der Waals surface area (Å²) in [7, 11) is 1.82. The van der Waals surface area contributed by atoms with Crippen LogP contribution >= 0.6 is 15.9 Å². The topological polar surface area (TPSA) is 46.3 Å². The summed E-state index contributed by atoms with van der Waals surface area (Å²) in [6.07, 6.45) is 1.30. The molecule has 0 radical (unpaired) electrons. The molecule has 0 saturated heterocycles. The van der Waals surface area contributed by atoms with Crippen molar-refractivity contribution in [1.29, 1.82) is 0 Å². The monoisotopic (exact) mass is 284 g/mol. The maximum absolute atomic E-state index is 11.5. The van der Waals surface area contributed by atoms with Crippen molar-refractivity contribution in [3.8, 4) is 0 Å². The predicted octanol–water partition coefficient (Wildman–Crippen LogP) is 1.80. The number of carbonyl (C=O) groups excluding carboxylic acids is 1. The van der Waals surface area contributed by atoms with Gasteiger partial charge < -0.3 is 10.6 Å². The summed E-state index contributed by atoms with van der Waals surface area (Å²) >= 11 is 3.39. The van der Waals surface area contributed by atoms with E-state index in [1.807, 2.05) is 19.2 Å². The third kappa shape index (κ3) is 4.33. The van der Waals surface area contributed by atoms with Crippen LogP contribution in [-0.4, -0.2) is 30.9 Å². The van der Waals surface area contributed by atoms with Crippen molar-refractivity contribution < 1.29 is 4.79 Å². The molecular weight excluding hydrogens is 268 g/mol. The van der Waals surface area contributed by atoms with E-state index in [0.29, 0.717) is 13.0 Å². The Kier molecular flexibility index (Phi) is 5.49. The number of hydrogen-bond donors (Lipinski definition) is 1. The Balaban J connectivity index is 2.39. The molecule has 2 N–H and O–H groups in total. The van der Waals surface area contributed by atoms with Crippen molar-refractivity contribution in [2.45, 2.75) is 12.8 Å². The molecule has 0 heterocycles. The minimum atomic E-state index is 0.111. The quantitative estimate of drug-likeness (QED) is 0.896. The summed E-state index contributed by atoms with van der Waals surface area (Å²) in [4.78, 5) is 13.2. The third-order valence-electron chi connectivity index (χ3n) is 2.43. The van der Waals surface area contributed by atoms with Gasteiger partial charge in [0.15, 0.2) is 0 Å². The number of carbonyl (C=O) groups is 1. The molecular formula is C12H17BrN2O. The van der Waals surface area contributed by atoms with Crippen LogP contribution in [0.25, 0.3) is 0 Å². The molecule has 1 aromatic rings. The van der Waals surface area contributed by atoms with Crippen molar-refractivity contribution in [3.63, 3.8) is 0 Å². The second-order valence-corrected chi connectivity index (χ2v) is 4.65. The molecule has 0 aliphatic rings. The van der Waals surface area contributed by atoms with Gasteiger partial charge in [-0.25, -0.2) is 0 Å². The highest BCUT2D eigenvalue weighted by Gasteiger charge is 2.06. The molecule has 0 fully saturated rings. The van der Waals surface area contributed by atoms with Crippen LogP contribution in [0.5, 0.6) is 0 Å². The standard InChI is InChI=1S/C12H17BrN2O/c1-15(12(16)6-8-14)9-7-10-2-4-11(13)5-3-10/h2-5H,6-9,14H2,1H3. The van der Waals surface area contributed by atoms with E-state index in [0.717, 1.165) is 17.4 Å². The van der Waals surface area contributed by atoms with Crippen molar-refractivity contribution in [2.75, 3.05) is 20.1 Å².